The molecule has 6 rings (SSSR count). The van der Waals surface area contributed by atoms with Crippen molar-refractivity contribution in [3.8, 4) is 11.3 Å². The molecule has 0 aliphatic heterocycles. The first-order chi connectivity index (χ1) is 17.3. The molecule has 0 atom stereocenters. The van der Waals surface area contributed by atoms with Crippen LogP contribution < -0.4 is 11.5 Å². The summed E-state index contributed by atoms with van der Waals surface area (Å²) in [4.78, 5) is 22.2. The van der Waals surface area contributed by atoms with E-state index in [-0.39, 0.29) is 22.6 Å². The molecular weight excluding hydrogens is 453 g/mol. The molecule has 2 bridgehead atoms. The van der Waals surface area contributed by atoms with Crippen LogP contribution in [0.5, 0.6) is 0 Å². The van der Waals surface area contributed by atoms with Crippen molar-refractivity contribution in [3.63, 3.8) is 0 Å². The Hall–Kier alpha value is -3.58. The van der Waals surface area contributed by atoms with Crippen LogP contribution >= 0.6 is 0 Å². The molecule has 2 saturated carbocycles. The van der Waals surface area contributed by atoms with Gasteiger partial charge in [-0.25, -0.2) is 14.4 Å². The van der Waals surface area contributed by atoms with Crippen molar-refractivity contribution in [2.75, 3.05) is 5.73 Å². The first kappa shape index (κ1) is 22.9. The Labute approximate surface area is 209 Å². The van der Waals surface area contributed by atoms with E-state index in [0.717, 1.165) is 65.8 Å². The summed E-state index contributed by atoms with van der Waals surface area (Å²) >= 11 is 0. The number of carbonyl (C=O) groups excluding carboxylic acids is 1. The van der Waals surface area contributed by atoms with Crippen LogP contribution in [0.1, 0.15) is 65.8 Å². The van der Waals surface area contributed by atoms with Gasteiger partial charge in [-0.2, -0.15) is 0 Å². The average molecular weight is 484 g/mol. The average Bonchev–Trinajstić information content (AvgIpc) is 3.54. The molecule has 0 saturated heterocycles. The first-order valence-electron chi connectivity index (χ1n) is 12.6. The minimum atomic E-state index is -0.388. The summed E-state index contributed by atoms with van der Waals surface area (Å²) in [6.45, 7) is 1.83. The van der Waals surface area contributed by atoms with Crippen molar-refractivity contribution >= 4 is 17.1 Å². The SMILES string of the molecule is Cc1ccc(F)cc1C(=O)CCc1ccc(-c2nc(C34CCC(N)(CC3)C4)n3ccnc(N)c23)cc1. The van der Waals surface area contributed by atoms with Gasteiger partial charge in [0.1, 0.15) is 28.7 Å². The van der Waals surface area contributed by atoms with Crippen molar-refractivity contribution in [2.45, 2.75) is 62.8 Å². The standard InChI is InChI=1S/C29H30FN5O/c1-18-2-8-21(30)16-22(18)23(36)9-5-19-3-6-20(7-4-19)24-25-26(31)33-14-15-35(25)27(34-24)28-10-12-29(32,17-28)13-11-28/h2-4,6-8,14-16H,5,9-13,17,32H2,1H3,(H2,31,33). The summed E-state index contributed by atoms with van der Waals surface area (Å²) in [6, 6.07) is 12.4. The molecule has 0 unspecified atom stereocenters. The molecular formula is C29H30FN5O. The third-order valence-electron chi connectivity index (χ3n) is 8.32. The number of anilines is 1. The van der Waals surface area contributed by atoms with Crippen LogP contribution in [0, 0.1) is 12.7 Å². The highest BCUT2D eigenvalue weighted by Gasteiger charge is 2.55. The van der Waals surface area contributed by atoms with E-state index >= 15 is 0 Å². The Bertz CT molecular complexity index is 1480. The van der Waals surface area contributed by atoms with Crippen LogP contribution in [0.15, 0.2) is 54.9 Å². The molecule has 4 N–H and O–H groups in total. The van der Waals surface area contributed by atoms with Gasteiger partial charge < -0.3 is 11.5 Å². The number of nitrogens with two attached hydrogens (primary N) is 2. The van der Waals surface area contributed by atoms with Gasteiger partial charge in [0.2, 0.25) is 0 Å². The lowest BCUT2D eigenvalue weighted by Crippen LogP contribution is -2.33. The zero-order valence-corrected chi connectivity index (χ0v) is 20.4. The zero-order chi connectivity index (χ0) is 25.1. The Kier molecular flexibility index (Phi) is 5.23. The van der Waals surface area contributed by atoms with Gasteiger partial charge in [0.25, 0.3) is 0 Å². The van der Waals surface area contributed by atoms with Crippen LogP contribution in [0.4, 0.5) is 10.2 Å². The highest BCUT2D eigenvalue weighted by molar-refractivity contribution is 5.97. The number of imidazole rings is 1. The van der Waals surface area contributed by atoms with Crippen molar-refractivity contribution in [2.24, 2.45) is 5.73 Å². The quantitative estimate of drug-likeness (QED) is 0.369. The topological polar surface area (TPSA) is 99.3 Å². The summed E-state index contributed by atoms with van der Waals surface area (Å²) in [5.41, 5.74) is 17.8. The van der Waals surface area contributed by atoms with Gasteiger partial charge in [-0.05, 0) is 68.7 Å². The van der Waals surface area contributed by atoms with Crippen molar-refractivity contribution in [1.29, 1.82) is 0 Å². The number of nitrogens with zero attached hydrogens (tertiary/aromatic N) is 3. The molecule has 6 nitrogen and oxygen atoms in total. The number of aryl methyl sites for hydroxylation is 2. The Morgan fingerprint density at radius 1 is 1.11 bits per heavy atom. The molecule has 2 fully saturated rings. The van der Waals surface area contributed by atoms with Crippen molar-refractivity contribution in [1.82, 2.24) is 14.4 Å². The first-order valence-corrected chi connectivity index (χ1v) is 12.6. The van der Waals surface area contributed by atoms with Crippen molar-refractivity contribution < 1.29 is 9.18 Å². The molecule has 7 heteroatoms. The second kappa shape index (κ2) is 8.23. The predicted molar refractivity (Wildman–Crippen MR) is 138 cm³/mol. The molecule has 2 aliphatic rings. The monoisotopic (exact) mass is 483 g/mol. The lowest BCUT2D eigenvalue weighted by Gasteiger charge is -2.25. The van der Waals surface area contributed by atoms with E-state index in [9.17, 15) is 9.18 Å². The number of benzene rings is 2. The fourth-order valence-electron chi connectivity index (χ4n) is 6.31. The number of ketones is 1. The van der Waals surface area contributed by atoms with Crippen LogP contribution in [0.2, 0.25) is 0 Å². The van der Waals surface area contributed by atoms with Gasteiger partial charge in [0.15, 0.2) is 5.78 Å². The molecule has 36 heavy (non-hydrogen) atoms. The molecule has 2 aromatic carbocycles. The molecule has 184 valence electrons. The minimum Gasteiger partial charge on any atom is -0.382 e. The van der Waals surface area contributed by atoms with Crippen LogP contribution in [-0.4, -0.2) is 25.7 Å². The molecule has 2 aromatic heterocycles. The number of carbonyl (C=O) groups is 1. The zero-order valence-electron chi connectivity index (χ0n) is 20.4. The van der Waals surface area contributed by atoms with Gasteiger partial charge in [-0.15, -0.1) is 0 Å². The third-order valence-corrected chi connectivity index (χ3v) is 8.32. The number of halogens is 1. The third kappa shape index (κ3) is 3.69. The number of aromatic nitrogens is 3. The fraction of sp³-hybridized carbons (Fsp3) is 0.345. The Morgan fingerprint density at radius 2 is 1.86 bits per heavy atom. The number of nitrogen functional groups attached to an aromatic ring is 1. The number of fused-ring (bicyclic) bond motifs is 3. The number of rotatable bonds is 6. The normalized spacial score (nSPS) is 23.0. The maximum absolute atomic E-state index is 13.6. The highest BCUT2D eigenvalue weighted by atomic mass is 19.1. The van der Waals surface area contributed by atoms with E-state index < -0.39 is 0 Å². The summed E-state index contributed by atoms with van der Waals surface area (Å²) in [6.07, 6.45) is 9.68. The largest absolute Gasteiger partial charge is 0.382 e. The van der Waals surface area contributed by atoms with Crippen LogP contribution in [-0.2, 0) is 11.8 Å². The fourth-order valence-corrected chi connectivity index (χ4v) is 6.31. The number of hydrogen-bond acceptors (Lipinski definition) is 5. The predicted octanol–water partition coefficient (Wildman–Crippen LogP) is 5.15. The molecule has 4 aromatic rings. The summed E-state index contributed by atoms with van der Waals surface area (Å²) < 4.78 is 15.7. The van der Waals surface area contributed by atoms with E-state index in [2.05, 4.69) is 9.38 Å². The Balaban J connectivity index is 1.28. The van der Waals surface area contributed by atoms with Gasteiger partial charge in [0.05, 0.1) is 0 Å². The minimum absolute atomic E-state index is 0.0148. The second-order valence-electron chi connectivity index (χ2n) is 10.7. The molecule has 2 heterocycles. The number of hydrogen-bond donors (Lipinski definition) is 2. The summed E-state index contributed by atoms with van der Waals surface area (Å²) in [5.74, 6) is 1.05. The number of Topliss-reactive ketones (excluding diaryl/α,β-unsaturated/α-hetero) is 1. The maximum atomic E-state index is 13.6. The van der Waals surface area contributed by atoms with Crippen molar-refractivity contribution in [3.05, 3.63) is 83.2 Å². The van der Waals surface area contributed by atoms with E-state index in [0.29, 0.717) is 24.2 Å². The summed E-state index contributed by atoms with van der Waals surface area (Å²) in [7, 11) is 0. The van der Waals surface area contributed by atoms with E-state index in [1.165, 1.54) is 12.1 Å². The van der Waals surface area contributed by atoms with E-state index in [1.54, 1.807) is 12.3 Å². The van der Waals surface area contributed by atoms with Crippen LogP contribution in [0.25, 0.3) is 16.8 Å². The Morgan fingerprint density at radius 3 is 2.56 bits per heavy atom. The van der Waals surface area contributed by atoms with Gasteiger partial charge in [0, 0.05) is 40.9 Å². The van der Waals surface area contributed by atoms with E-state index in [1.807, 2.05) is 37.4 Å². The molecule has 2 aliphatic carbocycles. The lowest BCUT2D eigenvalue weighted by atomic mass is 9.83. The lowest BCUT2D eigenvalue weighted by molar-refractivity contribution is 0.0982. The smallest absolute Gasteiger partial charge is 0.163 e. The van der Waals surface area contributed by atoms with Gasteiger partial charge in [-0.1, -0.05) is 30.3 Å². The van der Waals surface area contributed by atoms with Gasteiger partial charge in [-0.3, -0.25) is 9.20 Å². The highest BCUT2D eigenvalue weighted by Crippen LogP contribution is 2.56. The van der Waals surface area contributed by atoms with E-state index in [4.69, 9.17) is 16.5 Å². The maximum Gasteiger partial charge on any atom is 0.163 e. The summed E-state index contributed by atoms with van der Waals surface area (Å²) in [5, 5.41) is 0. The van der Waals surface area contributed by atoms with Crippen LogP contribution in [0.3, 0.4) is 0 Å². The van der Waals surface area contributed by atoms with Gasteiger partial charge >= 0.3 is 0 Å². The molecule has 0 spiro atoms. The molecule has 0 radical (unpaired) electrons. The second-order valence-corrected chi connectivity index (χ2v) is 10.7. The molecule has 0 amide bonds.